The summed E-state index contributed by atoms with van der Waals surface area (Å²) in [7, 11) is 0. The monoisotopic (exact) mass is 295 g/mol. The third-order valence-electron chi connectivity index (χ3n) is 4.15. The van der Waals surface area contributed by atoms with Crippen LogP contribution >= 0.6 is 0 Å². The molecule has 0 aromatic heterocycles. The minimum Gasteiger partial charge on any atom is -0.371 e. The molecule has 1 aromatic carbocycles. The molecule has 2 aliphatic heterocycles. The maximum Gasteiger partial charge on any atom is 0.171 e. The fraction of sp³-hybridized carbons (Fsp3) is 0.412. The zero-order chi connectivity index (χ0) is 15.4. The van der Waals surface area contributed by atoms with Crippen LogP contribution in [0.2, 0.25) is 0 Å². The van der Waals surface area contributed by atoms with Crippen LogP contribution in [0.15, 0.2) is 29.8 Å². The fourth-order valence-corrected chi connectivity index (χ4v) is 2.93. The summed E-state index contributed by atoms with van der Waals surface area (Å²) in [5.41, 5.74) is 2.11. The molecular weight excluding hydrogens is 278 g/mol. The van der Waals surface area contributed by atoms with Gasteiger partial charge in [-0.2, -0.15) is 10.5 Å². The van der Waals surface area contributed by atoms with Crippen molar-refractivity contribution in [2.24, 2.45) is 0 Å². The quantitative estimate of drug-likeness (QED) is 0.784. The second kappa shape index (κ2) is 6.19. The first-order valence-corrected chi connectivity index (χ1v) is 7.39. The molecule has 0 N–H and O–H groups in total. The first-order valence-electron chi connectivity index (χ1n) is 7.39. The maximum absolute atomic E-state index is 8.77. The molecule has 22 heavy (non-hydrogen) atoms. The molecule has 0 amide bonds. The van der Waals surface area contributed by atoms with Gasteiger partial charge in [-0.05, 0) is 23.8 Å². The molecule has 0 bridgehead atoms. The highest BCUT2D eigenvalue weighted by Gasteiger charge is 2.39. The van der Waals surface area contributed by atoms with E-state index < -0.39 is 0 Å². The van der Waals surface area contributed by atoms with Crippen molar-refractivity contribution in [1.29, 1.82) is 10.5 Å². The first-order chi connectivity index (χ1) is 10.7. The average Bonchev–Trinajstić information content (AvgIpc) is 3.02. The van der Waals surface area contributed by atoms with Crippen LogP contribution in [0, 0.1) is 22.7 Å². The fourth-order valence-electron chi connectivity index (χ4n) is 2.93. The van der Waals surface area contributed by atoms with Crippen LogP contribution in [0.4, 0.5) is 5.69 Å². The average molecular weight is 295 g/mol. The number of benzene rings is 1. The molecule has 2 saturated heterocycles. The Hall–Kier alpha value is -2.34. The topological polar surface area (TPSA) is 69.3 Å². The van der Waals surface area contributed by atoms with Crippen molar-refractivity contribution in [3.8, 4) is 12.1 Å². The molecule has 112 valence electrons. The lowest BCUT2D eigenvalue weighted by Gasteiger charge is -2.38. The van der Waals surface area contributed by atoms with Gasteiger partial charge in [-0.15, -0.1) is 0 Å². The van der Waals surface area contributed by atoms with Crippen molar-refractivity contribution < 1.29 is 9.47 Å². The summed E-state index contributed by atoms with van der Waals surface area (Å²) in [5, 5.41) is 17.5. The van der Waals surface area contributed by atoms with Gasteiger partial charge in [-0.25, -0.2) is 0 Å². The summed E-state index contributed by atoms with van der Waals surface area (Å²) < 4.78 is 11.5. The standard InChI is InChI=1S/C17H17N3O2/c18-12-15(13-19)11-14-1-3-16(4-2-14)20-7-5-17(6-8-20)21-9-10-22-17/h1-4,11H,5-10H2. The molecule has 0 atom stereocenters. The largest absolute Gasteiger partial charge is 0.371 e. The van der Waals surface area contributed by atoms with Crippen LogP contribution in [0.25, 0.3) is 6.08 Å². The summed E-state index contributed by atoms with van der Waals surface area (Å²) in [6.45, 7) is 3.19. The molecule has 2 aliphatic rings. The van der Waals surface area contributed by atoms with Crippen molar-refractivity contribution in [3.05, 3.63) is 35.4 Å². The first kappa shape index (κ1) is 14.6. The molecule has 0 aliphatic carbocycles. The highest BCUT2D eigenvalue weighted by atomic mass is 16.7. The lowest BCUT2D eigenvalue weighted by molar-refractivity contribution is -0.169. The van der Waals surface area contributed by atoms with Gasteiger partial charge in [0.25, 0.3) is 0 Å². The predicted octanol–water partition coefficient (Wildman–Crippen LogP) is 2.46. The van der Waals surface area contributed by atoms with Crippen molar-refractivity contribution in [2.45, 2.75) is 18.6 Å². The number of allylic oxidation sites excluding steroid dienone is 1. The summed E-state index contributed by atoms with van der Waals surface area (Å²) in [5.74, 6) is -0.354. The molecule has 1 aromatic rings. The number of anilines is 1. The van der Waals surface area contributed by atoms with E-state index in [0.717, 1.165) is 37.2 Å². The molecule has 0 unspecified atom stereocenters. The second-order valence-corrected chi connectivity index (χ2v) is 5.47. The van der Waals surface area contributed by atoms with E-state index in [4.69, 9.17) is 20.0 Å². The van der Waals surface area contributed by atoms with Crippen LogP contribution in [0.3, 0.4) is 0 Å². The molecule has 3 rings (SSSR count). The molecule has 2 fully saturated rings. The van der Waals surface area contributed by atoms with E-state index in [1.165, 1.54) is 0 Å². The van der Waals surface area contributed by atoms with Crippen molar-refractivity contribution in [1.82, 2.24) is 0 Å². The van der Waals surface area contributed by atoms with E-state index in [9.17, 15) is 0 Å². The van der Waals surface area contributed by atoms with Gasteiger partial charge in [0.05, 0.1) is 13.2 Å². The van der Waals surface area contributed by atoms with E-state index in [0.29, 0.717) is 13.2 Å². The van der Waals surface area contributed by atoms with Crippen LogP contribution in [0.5, 0.6) is 0 Å². The minimum atomic E-state index is -0.354. The Morgan fingerprint density at radius 1 is 1.05 bits per heavy atom. The third-order valence-corrected chi connectivity index (χ3v) is 4.15. The van der Waals surface area contributed by atoms with Gasteiger partial charge in [0.1, 0.15) is 17.7 Å². The summed E-state index contributed by atoms with van der Waals surface area (Å²) in [6, 6.07) is 11.6. The zero-order valence-corrected chi connectivity index (χ0v) is 12.3. The van der Waals surface area contributed by atoms with E-state index >= 15 is 0 Å². The highest BCUT2D eigenvalue weighted by Crippen LogP contribution is 2.33. The van der Waals surface area contributed by atoms with Gasteiger partial charge in [0.2, 0.25) is 0 Å². The van der Waals surface area contributed by atoms with Gasteiger partial charge >= 0.3 is 0 Å². The van der Waals surface area contributed by atoms with Gasteiger partial charge in [-0.3, -0.25) is 0 Å². The summed E-state index contributed by atoms with van der Waals surface area (Å²) in [4.78, 5) is 2.30. The lowest BCUT2D eigenvalue weighted by atomic mass is 10.0. The molecule has 5 nitrogen and oxygen atoms in total. The van der Waals surface area contributed by atoms with Crippen LogP contribution in [0.1, 0.15) is 18.4 Å². The molecule has 1 spiro atoms. The van der Waals surface area contributed by atoms with Crippen LogP contribution in [-0.2, 0) is 9.47 Å². The Kier molecular flexibility index (Phi) is 4.11. The third kappa shape index (κ3) is 2.96. The Morgan fingerprint density at radius 2 is 1.64 bits per heavy atom. The normalized spacial score (nSPS) is 19.5. The lowest BCUT2D eigenvalue weighted by Crippen LogP contribution is -2.45. The van der Waals surface area contributed by atoms with Gasteiger partial charge in [0, 0.05) is 31.6 Å². The second-order valence-electron chi connectivity index (χ2n) is 5.47. The summed E-state index contributed by atoms with van der Waals surface area (Å²) in [6.07, 6.45) is 3.35. The smallest absolute Gasteiger partial charge is 0.171 e. The van der Waals surface area contributed by atoms with Crippen molar-refractivity contribution in [3.63, 3.8) is 0 Å². The van der Waals surface area contributed by atoms with Crippen molar-refractivity contribution >= 4 is 11.8 Å². The van der Waals surface area contributed by atoms with Crippen molar-refractivity contribution in [2.75, 3.05) is 31.2 Å². The Bertz CT molecular complexity index is 620. The van der Waals surface area contributed by atoms with E-state index in [2.05, 4.69) is 4.90 Å². The Morgan fingerprint density at radius 3 is 2.18 bits per heavy atom. The van der Waals surface area contributed by atoms with E-state index in [-0.39, 0.29) is 11.4 Å². The Balaban J connectivity index is 1.66. The van der Waals surface area contributed by atoms with E-state index in [1.54, 1.807) is 6.08 Å². The van der Waals surface area contributed by atoms with Crippen LogP contribution < -0.4 is 4.90 Å². The number of nitrogens with zero attached hydrogens (tertiary/aromatic N) is 3. The van der Waals surface area contributed by atoms with Crippen LogP contribution in [-0.4, -0.2) is 32.1 Å². The number of ether oxygens (including phenoxy) is 2. The number of hydrogen-bond donors (Lipinski definition) is 0. The van der Waals surface area contributed by atoms with E-state index in [1.807, 2.05) is 36.4 Å². The Labute approximate surface area is 130 Å². The number of rotatable bonds is 2. The van der Waals surface area contributed by atoms with Gasteiger partial charge < -0.3 is 14.4 Å². The minimum absolute atomic E-state index is 0.114. The van der Waals surface area contributed by atoms with Gasteiger partial charge in [-0.1, -0.05) is 12.1 Å². The number of piperidine rings is 1. The number of hydrogen-bond acceptors (Lipinski definition) is 5. The molecule has 0 radical (unpaired) electrons. The molecule has 0 saturated carbocycles. The highest BCUT2D eigenvalue weighted by molar-refractivity contribution is 5.64. The number of nitriles is 2. The van der Waals surface area contributed by atoms with Gasteiger partial charge in [0.15, 0.2) is 5.79 Å². The maximum atomic E-state index is 8.77. The molecule has 5 heteroatoms. The summed E-state index contributed by atoms with van der Waals surface area (Å²) >= 11 is 0. The SMILES string of the molecule is N#CC(C#N)=Cc1ccc(N2CCC3(CC2)OCCO3)cc1. The zero-order valence-electron chi connectivity index (χ0n) is 12.3. The molecular formula is C17H17N3O2. The predicted molar refractivity (Wildman–Crippen MR) is 81.7 cm³/mol. The molecule has 2 heterocycles.